The Balaban J connectivity index is 1.78. The molecule has 6 heteroatoms. The second-order valence-electron chi connectivity index (χ2n) is 8.09. The lowest BCUT2D eigenvalue weighted by Gasteiger charge is -2.18. The van der Waals surface area contributed by atoms with Gasteiger partial charge in [0.25, 0.3) is 0 Å². The maximum absolute atomic E-state index is 12.8. The summed E-state index contributed by atoms with van der Waals surface area (Å²) >= 11 is 6.12. The Kier molecular flexibility index (Phi) is 7.53. The fourth-order valence-electron chi connectivity index (χ4n) is 4.23. The Morgan fingerprint density at radius 2 is 1.71 bits per heavy atom. The van der Waals surface area contributed by atoms with Crippen molar-refractivity contribution in [3.63, 3.8) is 0 Å². The molecule has 4 aromatic rings. The Morgan fingerprint density at radius 1 is 0.971 bits per heavy atom. The number of pyridine rings is 1. The van der Waals surface area contributed by atoms with Crippen LogP contribution in [0.3, 0.4) is 0 Å². The van der Waals surface area contributed by atoms with E-state index in [1.165, 1.54) is 0 Å². The number of rotatable bonds is 9. The number of imidazole rings is 1. The molecule has 0 atom stereocenters. The first-order chi connectivity index (χ1) is 16.5. The van der Waals surface area contributed by atoms with E-state index in [4.69, 9.17) is 21.3 Å². The van der Waals surface area contributed by atoms with Gasteiger partial charge in [-0.2, -0.15) is 0 Å². The van der Waals surface area contributed by atoms with Gasteiger partial charge in [-0.1, -0.05) is 35.9 Å². The van der Waals surface area contributed by atoms with Gasteiger partial charge in [0.2, 0.25) is 5.91 Å². The van der Waals surface area contributed by atoms with Crippen LogP contribution in [-0.2, 0) is 11.2 Å². The van der Waals surface area contributed by atoms with E-state index < -0.39 is 0 Å². The maximum Gasteiger partial charge on any atom is 0.222 e. The highest BCUT2D eigenvalue weighted by Crippen LogP contribution is 2.30. The molecule has 0 spiro atoms. The minimum atomic E-state index is 0.155. The number of halogens is 1. The maximum atomic E-state index is 12.8. The van der Waals surface area contributed by atoms with Crippen molar-refractivity contribution in [3.8, 4) is 28.1 Å². The highest BCUT2D eigenvalue weighted by atomic mass is 35.5. The molecule has 0 aliphatic carbocycles. The number of fused-ring (bicyclic) bond motifs is 1. The van der Waals surface area contributed by atoms with E-state index in [0.29, 0.717) is 37.6 Å². The highest BCUT2D eigenvalue weighted by molar-refractivity contribution is 6.30. The topological polar surface area (TPSA) is 46.8 Å². The summed E-state index contributed by atoms with van der Waals surface area (Å²) in [7, 11) is 0. The van der Waals surface area contributed by atoms with Crippen LogP contribution < -0.4 is 4.74 Å². The van der Waals surface area contributed by atoms with Crippen molar-refractivity contribution in [2.75, 3.05) is 19.7 Å². The minimum absolute atomic E-state index is 0.155. The van der Waals surface area contributed by atoms with Crippen LogP contribution in [0.5, 0.6) is 5.75 Å². The summed E-state index contributed by atoms with van der Waals surface area (Å²) in [6.45, 7) is 8.06. The third kappa shape index (κ3) is 5.10. The van der Waals surface area contributed by atoms with Crippen molar-refractivity contribution in [1.29, 1.82) is 0 Å². The molecule has 0 unspecified atom stereocenters. The summed E-state index contributed by atoms with van der Waals surface area (Å²) in [6.07, 6.45) is 3.13. The van der Waals surface area contributed by atoms with Crippen molar-refractivity contribution in [2.24, 2.45) is 0 Å². The van der Waals surface area contributed by atoms with E-state index in [-0.39, 0.29) is 5.91 Å². The molecule has 2 aromatic heterocycles. The van der Waals surface area contributed by atoms with Gasteiger partial charge in [-0.25, -0.2) is 4.98 Å². The number of aromatic nitrogens is 2. The first-order valence-corrected chi connectivity index (χ1v) is 12.2. The van der Waals surface area contributed by atoms with Crippen molar-refractivity contribution in [1.82, 2.24) is 14.3 Å². The quantitative estimate of drug-likeness (QED) is 0.277. The zero-order chi connectivity index (χ0) is 24.1. The molecule has 0 saturated carbocycles. The van der Waals surface area contributed by atoms with Crippen molar-refractivity contribution >= 4 is 23.2 Å². The lowest BCUT2D eigenvalue weighted by atomic mass is 10.1. The Morgan fingerprint density at radius 3 is 2.41 bits per heavy atom. The summed E-state index contributed by atoms with van der Waals surface area (Å²) < 4.78 is 7.80. The Labute approximate surface area is 206 Å². The van der Waals surface area contributed by atoms with Crippen LogP contribution >= 0.6 is 11.6 Å². The number of hydrogen-bond donors (Lipinski definition) is 0. The second-order valence-corrected chi connectivity index (χ2v) is 8.52. The summed E-state index contributed by atoms with van der Waals surface area (Å²) in [4.78, 5) is 19.6. The first kappa shape index (κ1) is 23.8. The van der Waals surface area contributed by atoms with Gasteiger partial charge in [0, 0.05) is 36.3 Å². The average Bonchev–Trinajstić information content (AvgIpc) is 3.22. The molecule has 0 fully saturated rings. The van der Waals surface area contributed by atoms with Gasteiger partial charge in [0.1, 0.15) is 11.4 Å². The van der Waals surface area contributed by atoms with Crippen molar-refractivity contribution < 1.29 is 9.53 Å². The van der Waals surface area contributed by atoms with E-state index in [1.54, 1.807) is 0 Å². The predicted octanol–water partition coefficient (Wildman–Crippen LogP) is 6.52. The zero-order valence-corrected chi connectivity index (χ0v) is 20.7. The second kappa shape index (κ2) is 10.7. The summed E-state index contributed by atoms with van der Waals surface area (Å²) in [6, 6.07) is 19.9. The number of hydrogen-bond acceptors (Lipinski definition) is 3. The molecular weight excluding hydrogens is 446 g/mol. The van der Waals surface area contributed by atoms with E-state index >= 15 is 0 Å². The molecule has 0 N–H and O–H groups in total. The lowest BCUT2D eigenvalue weighted by molar-refractivity contribution is -0.130. The number of carbonyl (C=O) groups is 1. The number of ether oxygens (including phenoxy) is 1. The van der Waals surface area contributed by atoms with Crippen molar-refractivity contribution in [2.45, 2.75) is 33.6 Å². The van der Waals surface area contributed by atoms with Gasteiger partial charge in [-0.15, -0.1) is 0 Å². The van der Waals surface area contributed by atoms with Crippen LogP contribution in [0.25, 0.3) is 28.0 Å². The Bertz CT molecular complexity index is 1280. The molecule has 4 rings (SSSR count). The molecule has 0 saturated heterocycles. The molecule has 34 heavy (non-hydrogen) atoms. The summed E-state index contributed by atoms with van der Waals surface area (Å²) in [5.41, 5.74) is 5.85. The largest absolute Gasteiger partial charge is 0.494 e. The minimum Gasteiger partial charge on any atom is -0.494 e. The van der Waals surface area contributed by atoms with Crippen LogP contribution in [0.4, 0.5) is 0 Å². The monoisotopic (exact) mass is 475 g/mol. The van der Waals surface area contributed by atoms with Crippen LogP contribution in [0, 0.1) is 0 Å². The number of benzene rings is 2. The third-order valence-corrected chi connectivity index (χ3v) is 6.26. The fraction of sp³-hybridized carbons (Fsp3) is 0.286. The number of nitrogens with zero attached hydrogens (tertiary/aromatic N) is 3. The van der Waals surface area contributed by atoms with Crippen LogP contribution in [-0.4, -0.2) is 39.9 Å². The van der Waals surface area contributed by atoms with Gasteiger partial charge >= 0.3 is 0 Å². The normalized spacial score (nSPS) is 11.1. The van der Waals surface area contributed by atoms with Crippen LogP contribution in [0.15, 0.2) is 66.9 Å². The SMILES string of the molecule is CCOc1cccc(-c2ccc3nc(-c4ccc(Cl)cc4)c(CCC(=O)N(CC)CC)n3c2)c1. The molecule has 176 valence electrons. The average molecular weight is 476 g/mol. The molecule has 2 aromatic carbocycles. The number of carbonyl (C=O) groups excluding carboxylic acids is 1. The van der Waals surface area contributed by atoms with Gasteiger partial charge in [-0.3, -0.25) is 4.79 Å². The third-order valence-electron chi connectivity index (χ3n) is 6.01. The van der Waals surface area contributed by atoms with Crippen LogP contribution in [0.1, 0.15) is 32.9 Å². The molecular formula is C28H30ClN3O2. The van der Waals surface area contributed by atoms with Gasteiger partial charge in [0.15, 0.2) is 0 Å². The molecule has 5 nitrogen and oxygen atoms in total. The van der Waals surface area contributed by atoms with E-state index in [9.17, 15) is 4.79 Å². The molecule has 0 bridgehead atoms. The standard InChI is InChI=1S/C28H30ClN3O2/c1-4-31(5-2)27(33)17-15-25-28(20-10-13-23(29)14-11-20)30-26-16-12-22(19-32(25)26)21-8-7-9-24(18-21)34-6-3/h7-14,16,18-19H,4-6,15,17H2,1-3H3. The molecule has 0 aliphatic heterocycles. The van der Waals surface area contributed by atoms with Gasteiger partial charge in [0.05, 0.1) is 18.0 Å². The molecule has 1 amide bonds. The molecule has 0 radical (unpaired) electrons. The fourth-order valence-corrected chi connectivity index (χ4v) is 4.36. The lowest BCUT2D eigenvalue weighted by Crippen LogP contribution is -2.30. The first-order valence-electron chi connectivity index (χ1n) is 11.8. The summed E-state index contributed by atoms with van der Waals surface area (Å²) in [5, 5.41) is 0.683. The van der Waals surface area contributed by atoms with Crippen LogP contribution in [0.2, 0.25) is 5.02 Å². The van der Waals surface area contributed by atoms with Gasteiger partial charge in [-0.05, 0) is 74.7 Å². The predicted molar refractivity (Wildman–Crippen MR) is 138 cm³/mol. The number of amides is 1. The van der Waals surface area contributed by atoms with Crippen molar-refractivity contribution in [3.05, 3.63) is 77.6 Å². The summed E-state index contributed by atoms with van der Waals surface area (Å²) in [5.74, 6) is 1.00. The highest BCUT2D eigenvalue weighted by Gasteiger charge is 2.18. The molecule has 2 heterocycles. The number of aryl methyl sites for hydroxylation is 1. The molecule has 0 aliphatic rings. The van der Waals surface area contributed by atoms with E-state index in [2.05, 4.69) is 22.7 Å². The smallest absolute Gasteiger partial charge is 0.222 e. The van der Waals surface area contributed by atoms with E-state index in [1.807, 2.05) is 74.2 Å². The van der Waals surface area contributed by atoms with E-state index in [0.717, 1.165) is 39.5 Å². The zero-order valence-electron chi connectivity index (χ0n) is 19.9. The Hall–Kier alpha value is -3.31. The van der Waals surface area contributed by atoms with Gasteiger partial charge < -0.3 is 14.0 Å².